The molecule has 1 heterocycles. The highest BCUT2D eigenvalue weighted by atomic mass is 32.1. The van der Waals surface area contributed by atoms with Crippen LogP contribution >= 0.6 is 11.3 Å². The predicted octanol–water partition coefficient (Wildman–Crippen LogP) is 2.25. The molecule has 1 aromatic carbocycles. The third kappa shape index (κ3) is 1.67. The second kappa shape index (κ2) is 3.14. The molecule has 0 fully saturated rings. The summed E-state index contributed by atoms with van der Waals surface area (Å²) < 4.78 is 1.09. The van der Waals surface area contributed by atoms with Crippen LogP contribution in [-0.2, 0) is 4.79 Å². The number of anilines is 1. The van der Waals surface area contributed by atoms with Gasteiger partial charge in [-0.05, 0) is 18.2 Å². The summed E-state index contributed by atoms with van der Waals surface area (Å²) >= 11 is 1.57. The van der Waals surface area contributed by atoms with E-state index in [0.717, 1.165) is 15.9 Å². The first-order valence-corrected chi connectivity index (χ1v) is 4.74. The second-order valence-electron chi connectivity index (χ2n) is 2.72. The number of fused-ring (bicyclic) bond motifs is 1. The minimum absolute atomic E-state index is 0.0520. The average Bonchev–Trinajstić information content (AvgIpc) is 2.49. The maximum absolute atomic E-state index is 10.8. The summed E-state index contributed by atoms with van der Waals surface area (Å²) in [6.07, 6.45) is 0. The summed E-state index contributed by atoms with van der Waals surface area (Å²) in [7, 11) is 0. The van der Waals surface area contributed by atoms with Crippen molar-refractivity contribution in [2.45, 2.75) is 6.92 Å². The molecule has 0 saturated heterocycles. The second-order valence-corrected chi connectivity index (χ2v) is 3.60. The Morgan fingerprint density at radius 2 is 2.38 bits per heavy atom. The van der Waals surface area contributed by atoms with Crippen LogP contribution in [0.4, 0.5) is 5.69 Å². The van der Waals surface area contributed by atoms with Gasteiger partial charge in [-0.3, -0.25) is 4.79 Å². The molecule has 0 saturated carbocycles. The summed E-state index contributed by atoms with van der Waals surface area (Å²) in [6.45, 7) is 1.50. The quantitative estimate of drug-likeness (QED) is 0.753. The molecule has 0 unspecified atom stereocenters. The third-order valence-electron chi connectivity index (χ3n) is 1.65. The lowest BCUT2D eigenvalue weighted by Gasteiger charge is -1.99. The van der Waals surface area contributed by atoms with E-state index in [1.807, 2.05) is 18.2 Å². The van der Waals surface area contributed by atoms with E-state index in [2.05, 4.69) is 10.3 Å². The van der Waals surface area contributed by atoms with Crippen LogP contribution in [0.15, 0.2) is 23.7 Å². The molecule has 0 aliphatic carbocycles. The van der Waals surface area contributed by atoms with Crippen molar-refractivity contribution in [3.63, 3.8) is 0 Å². The Hall–Kier alpha value is -1.42. The van der Waals surface area contributed by atoms with Crippen molar-refractivity contribution in [2.24, 2.45) is 0 Å². The lowest BCUT2D eigenvalue weighted by atomic mass is 10.3. The molecule has 1 aromatic heterocycles. The summed E-state index contributed by atoms with van der Waals surface area (Å²) in [5, 5.41) is 2.73. The van der Waals surface area contributed by atoms with E-state index in [9.17, 15) is 4.79 Å². The van der Waals surface area contributed by atoms with E-state index >= 15 is 0 Å². The molecule has 1 N–H and O–H groups in total. The first-order chi connectivity index (χ1) is 6.25. The Kier molecular flexibility index (Phi) is 1.98. The fourth-order valence-corrected chi connectivity index (χ4v) is 1.85. The molecule has 0 spiro atoms. The maximum atomic E-state index is 10.8. The van der Waals surface area contributed by atoms with Crippen LogP contribution in [0.5, 0.6) is 0 Å². The zero-order valence-corrected chi connectivity index (χ0v) is 7.89. The van der Waals surface area contributed by atoms with Crippen molar-refractivity contribution >= 4 is 33.1 Å². The number of carbonyl (C=O) groups is 1. The van der Waals surface area contributed by atoms with E-state index in [4.69, 9.17) is 0 Å². The van der Waals surface area contributed by atoms with Crippen molar-refractivity contribution in [3.05, 3.63) is 23.7 Å². The summed E-state index contributed by atoms with van der Waals surface area (Å²) in [6, 6.07) is 5.68. The highest BCUT2D eigenvalue weighted by Gasteiger charge is 1.99. The molecule has 0 radical (unpaired) electrons. The third-order valence-corrected chi connectivity index (χ3v) is 2.44. The van der Waals surface area contributed by atoms with Crippen molar-refractivity contribution in [1.29, 1.82) is 0 Å². The van der Waals surface area contributed by atoms with E-state index < -0.39 is 0 Å². The van der Waals surface area contributed by atoms with Gasteiger partial charge in [-0.2, -0.15) is 0 Å². The number of nitrogens with one attached hydrogen (secondary N) is 1. The Bertz CT molecular complexity index is 450. The number of amides is 1. The first kappa shape index (κ1) is 8.19. The van der Waals surface area contributed by atoms with Crippen LogP contribution in [0, 0.1) is 0 Å². The Morgan fingerprint density at radius 1 is 1.54 bits per heavy atom. The van der Waals surface area contributed by atoms with Gasteiger partial charge in [0.25, 0.3) is 0 Å². The molecule has 1 amide bonds. The SMILES string of the molecule is CC(=O)Nc1ccc2ncsc2c1. The van der Waals surface area contributed by atoms with E-state index in [0.29, 0.717) is 0 Å². The molecule has 0 atom stereocenters. The van der Waals surface area contributed by atoms with E-state index in [1.54, 1.807) is 16.8 Å². The smallest absolute Gasteiger partial charge is 0.221 e. The summed E-state index contributed by atoms with van der Waals surface area (Å²) in [5.74, 6) is -0.0520. The Morgan fingerprint density at radius 3 is 3.15 bits per heavy atom. The van der Waals surface area contributed by atoms with Gasteiger partial charge in [0.2, 0.25) is 5.91 Å². The van der Waals surface area contributed by atoms with Crippen molar-refractivity contribution in [3.8, 4) is 0 Å². The summed E-state index contributed by atoms with van der Waals surface area (Å²) in [4.78, 5) is 14.9. The number of nitrogens with zero attached hydrogens (tertiary/aromatic N) is 1. The maximum Gasteiger partial charge on any atom is 0.221 e. The molecule has 4 heteroatoms. The molecule has 2 rings (SSSR count). The van der Waals surface area contributed by atoms with Gasteiger partial charge in [0, 0.05) is 12.6 Å². The molecule has 0 aliphatic heterocycles. The van der Waals surface area contributed by atoms with Gasteiger partial charge in [0.15, 0.2) is 0 Å². The topological polar surface area (TPSA) is 42.0 Å². The van der Waals surface area contributed by atoms with Crippen LogP contribution < -0.4 is 5.32 Å². The number of carbonyl (C=O) groups excluding carboxylic acids is 1. The van der Waals surface area contributed by atoms with Crippen molar-refractivity contribution in [1.82, 2.24) is 4.98 Å². The first-order valence-electron chi connectivity index (χ1n) is 3.86. The minimum atomic E-state index is -0.0520. The fourth-order valence-electron chi connectivity index (χ4n) is 1.14. The largest absolute Gasteiger partial charge is 0.326 e. The van der Waals surface area contributed by atoms with Gasteiger partial charge in [-0.15, -0.1) is 11.3 Å². The Labute approximate surface area is 79.4 Å². The van der Waals surface area contributed by atoms with Gasteiger partial charge < -0.3 is 5.32 Å². The highest BCUT2D eigenvalue weighted by molar-refractivity contribution is 7.16. The molecule has 0 bridgehead atoms. The van der Waals surface area contributed by atoms with E-state index in [1.165, 1.54) is 6.92 Å². The molecule has 2 aromatic rings. The van der Waals surface area contributed by atoms with E-state index in [-0.39, 0.29) is 5.91 Å². The lowest BCUT2D eigenvalue weighted by Crippen LogP contribution is -2.05. The molecule has 66 valence electrons. The van der Waals surface area contributed by atoms with Gasteiger partial charge in [0.1, 0.15) is 0 Å². The number of hydrogen-bond acceptors (Lipinski definition) is 3. The number of aromatic nitrogens is 1. The number of rotatable bonds is 1. The minimum Gasteiger partial charge on any atom is -0.326 e. The molecule has 13 heavy (non-hydrogen) atoms. The number of benzene rings is 1. The lowest BCUT2D eigenvalue weighted by molar-refractivity contribution is -0.114. The highest BCUT2D eigenvalue weighted by Crippen LogP contribution is 2.21. The standard InChI is InChI=1S/C9H8N2OS/c1-6(12)11-7-2-3-8-9(4-7)13-5-10-8/h2-5H,1H3,(H,11,12). The van der Waals surface area contributed by atoms with Gasteiger partial charge in [-0.1, -0.05) is 0 Å². The monoisotopic (exact) mass is 192 g/mol. The van der Waals surface area contributed by atoms with Crippen LogP contribution in [0.2, 0.25) is 0 Å². The van der Waals surface area contributed by atoms with Crippen LogP contribution in [0.1, 0.15) is 6.92 Å². The Balaban J connectivity index is 2.42. The van der Waals surface area contributed by atoms with Crippen LogP contribution in [-0.4, -0.2) is 10.9 Å². The van der Waals surface area contributed by atoms with Gasteiger partial charge in [0.05, 0.1) is 15.7 Å². The predicted molar refractivity (Wildman–Crippen MR) is 53.9 cm³/mol. The molecule has 3 nitrogen and oxygen atoms in total. The van der Waals surface area contributed by atoms with Crippen molar-refractivity contribution in [2.75, 3.05) is 5.32 Å². The average molecular weight is 192 g/mol. The zero-order valence-electron chi connectivity index (χ0n) is 7.07. The van der Waals surface area contributed by atoms with Crippen LogP contribution in [0.25, 0.3) is 10.2 Å². The summed E-state index contributed by atoms with van der Waals surface area (Å²) in [5.41, 5.74) is 3.59. The fraction of sp³-hybridized carbons (Fsp3) is 0.111. The van der Waals surface area contributed by atoms with Gasteiger partial charge in [-0.25, -0.2) is 4.98 Å². The van der Waals surface area contributed by atoms with Gasteiger partial charge >= 0.3 is 0 Å². The van der Waals surface area contributed by atoms with Crippen molar-refractivity contribution < 1.29 is 4.79 Å². The normalized spacial score (nSPS) is 10.2. The zero-order chi connectivity index (χ0) is 9.26. The molecular weight excluding hydrogens is 184 g/mol. The molecule has 0 aliphatic rings. The van der Waals surface area contributed by atoms with Crippen LogP contribution in [0.3, 0.4) is 0 Å². The number of thiazole rings is 1. The molecular formula is C9H8N2OS. The number of hydrogen-bond donors (Lipinski definition) is 1.